The van der Waals surface area contributed by atoms with E-state index in [2.05, 4.69) is 4.90 Å². The van der Waals surface area contributed by atoms with Crippen LogP contribution in [-0.4, -0.2) is 67.8 Å². The van der Waals surface area contributed by atoms with E-state index in [0.717, 1.165) is 19.4 Å². The van der Waals surface area contributed by atoms with Gasteiger partial charge >= 0.3 is 0 Å². The van der Waals surface area contributed by atoms with Crippen LogP contribution in [0.3, 0.4) is 0 Å². The van der Waals surface area contributed by atoms with E-state index in [0.29, 0.717) is 19.0 Å². The molecule has 2 aliphatic heterocycles. The highest BCUT2D eigenvalue weighted by Crippen LogP contribution is 2.22. The predicted octanol–water partition coefficient (Wildman–Crippen LogP) is 0.116. The molecule has 0 aliphatic carbocycles. The van der Waals surface area contributed by atoms with E-state index >= 15 is 0 Å². The molecule has 2 fully saturated rings. The summed E-state index contributed by atoms with van der Waals surface area (Å²) >= 11 is 0. The molecule has 18 heavy (non-hydrogen) atoms. The van der Waals surface area contributed by atoms with Crippen molar-refractivity contribution in [1.82, 2.24) is 9.21 Å². The van der Waals surface area contributed by atoms with E-state index in [4.69, 9.17) is 5.11 Å². The molecule has 0 amide bonds. The third kappa shape index (κ3) is 3.66. The minimum atomic E-state index is -3.21. The monoisotopic (exact) mass is 276 g/mol. The Morgan fingerprint density at radius 3 is 2.22 bits per heavy atom. The van der Waals surface area contributed by atoms with Crippen molar-refractivity contribution >= 4 is 10.0 Å². The molecular weight excluding hydrogens is 252 g/mol. The molecule has 2 heterocycles. The Morgan fingerprint density at radius 1 is 1.06 bits per heavy atom. The zero-order valence-corrected chi connectivity index (χ0v) is 11.7. The van der Waals surface area contributed by atoms with Crippen molar-refractivity contribution in [2.45, 2.75) is 25.7 Å². The third-order valence-electron chi connectivity index (χ3n) is 4.03. The van der Waals surface area contributed by atoms with Crippen LogP contribution >= 0.6 is 0 Å². The van der Waals surface area contributed by atoms with Crippen molar-refractivity contribution in [2.24, 2.45) is 5.92 Å². The molecule has 5 nitrogen and oxygen atoms in total. The molecule has 2 aliphatic rings. The second-order valence-electron chi connectivity index (χ2n) is 5.39. The highest BCUT2D eigenvalue weighted by Gasteiger charge is 2.28. The summed E-state index contributed by atoms with van der Waals surface area (Å²) in [5, 5.41) is 8.76. The number of aliphatic hydroxyl groups excluding tert-OH is 1. The van der Waals surface area contributed by atoms with Gasteiger partial charge in [0.1, 0.15) is 0 Å². The molecule has 0 unspecified atom stereocenters. The Labute approximate surface area is 110 Å². The summed E-state index contributed by atoms with van der Waals surface area (Å²) in [7, 11) is -3.21. The quantitative estimate of drug-likeness (QED) is 0.774. The molecule has 0 aromatic rings. The second kappa shape index (κ2) is 6.32. The van der Waals surface area contributed by atoms with Crippen LogP contribution in [0.4, 0.5) is 0 Å². The molecule has 106 valence electrons. The van der Waals surface area contributed by atoms with Gasteiger partial charge in [-0.1, -0.05) is 0 Å². The fourth-order valence-electron chi connectivity index (χ4n) is 2.94. The van der Waals surface area contributed by atoms with Gasteiger partial charge in [-0.25, -0.2) is 12.7 Å². The summed E-state index contributed by atoms with van der Waals surface area (Å²) in [6.07, 6.45) is 4.54. The van der Waals surface area contributed by atoms with Crippen molar-refractivity contribution in [3.63, 3.8) is 0 Å². The molecule has 6 heteroatoms. The Kier molecular flexibility index (Phi) is 5.00. The average molecular weight is 276 g/mol. The van der Waals surface area contributed by atoms with Crippen molar-refractivity contribution in [2.75, 3.05) is 45.1 Å². The van der Waals surface area contributed by atoms with Crippen molar-refractivity contribution in [3.05, 3.63) is 0 Å². The first kappa shape index (κ1) is 14.2. The number of hydrogen-bond donors (Lipinski definition) is 1. The fraction of sp³-hybridized carbons (Fsp3) is 1.00. The van der Waals surface area contributed by atoms with E-state index < -0.39 is 10.0 Å². The maximum Gasteiger partial charge on any atom is 0.216 e. The smallest absolute Gasteiger partial charge is 0.216 e. The van der Waals surface area contributed by atoms with Crippen molar-refractivity contribution < 1.29 is 13.5 Å². The molecule has 1 N–H and O–H groups in total. The molecule has 2 rings (SSSR count). The summed E-state index contributed by atoms with van der Waals surface area (Å²) < 4.78 is 25.1. The minimum absolute atomic E-state index is 0.135. The van der Waals surface area contributed by atoms with Crippen LogP contribution in [0, 0.1) is 5.92 Å². The molecule has 0 aromatic heterocycles. The van der Waals surface area contributed by atoms with Gasteiger partial charge in [-0.05, 0) is 44.7 Å². The second-order valence-corrected chi connectivity index (χ2v) is 7.48. The lowest BCUT2D eigenvalue weighted by Gasteiger charge is -2.33. The van der Waals surface area contributed by atoms with Crippen LogP contribution in [0.15, 0.2) is 0 Å². The van der Waals surface area contributed by atoms with Crippen LogP contribution < -0.4 is 0 Å². The molecule has 0 spiro atoms. The summed E-state index contributed by atoms with van der Waals surface area (Å²) in [6.45, 7) is 4.53. The highest BCUT2D eigenvalue weighted by molar-refractivity contribution is 7.89. The standard InChI is InChI=1S/C12H24N2O3S/c15-9-10-18(16,17)14-7-3-12(4-8-14)11-13-5-1-2-6-13/h12,15H,1-11H2. The zero-order valence-electron chi connectivity index (χ0n) is 10.9. The number of likely N-dealkylation sites (tertiary alicyclic amines) is 1. The number of piperidine rings is 1. The molecule has 0 atom stereocenters. The number of aliphatic hydroxyl groups is 1. The lowest BCUT2D eigenvalue weighted by Crippen LogP contribution is -2.42. The number of nitrogens with zero attached hydrogens (tertiary/aromatic N) is 2. The van der Waals surface area contributed by atoms with Crippen LogP contribution in [0.5, 0.6) is 0 Å². The lowest BCUT2D eigenvalue weighted by molar-refractivity contribution is 0.205. The van der Waals surface area contributed by atoms with Gasteiger partial charge in [-0.15, -0.1) is 0 Å². The molecule has 0 saturated carbocycles. The van der Waals surface area contributed by atoms with Gasteiger partial charge < -0.3 is 10.0 Å². The van der Waals surface area contributed by atoms with Crippen molar-refractivity contribution in [1.29, 1.82) is 0 Å². The van der Waals surface area contributed by atoms with Gasteiger partial charge in [0.05, 0.1) is 12.4 Å². The van der Waals surface area contributed by atoms with E-state index in [1.807, 2.05) is 0 Å². The third-order valence-corrected chi connectivity index (χ3v) is 5.88. The fourth-order valence-corrected chi connectivity index (χ4v) is 4.20. The summed E-state index contributed by atoms with van der Waals surface area (Å²) in [5.41, 5.74) is 0. The molecule has 0 bridgehead atoms. The average Bonchev–Trinajstić information content (AvgIpc) is 2.82. The van der Waals surface area contributed by atoms with Crippen LogP contribution in [0.2, 0.25) is 0 Å². The van der Waals surface area contributed by atoms with E-state index in [-0.39, 0.29) is 12.4 Å². The first-order chi connectivity index (χ1) is 8.62. The van der Waals surface area contributed by atoms with Gasteiger partial charge in [-0.2, -0.15) is 0 Å². The first-order valence-electron chi connectivity index (χ1n) is 6.93. The first-order valence-corrected chi connectivity index (χ1v) is 8.54. The highest BCUT2D eigenvalue weighted by atomic mass is 32.2. The Balaban J connectivity index is 1.77. The van der Waals surface area contributed by atoms with Gasteiger partial charge in [0.15, 0.2) is 0 Å². The summed E-state index contributed by atoms with van der Waals surface area (Å²) in [6, 6.07) is 0. The SMILES string of the molecule is O=S(=O)(CCO)N1CCC(CN2CCCC2)CC1. The molecule has 0 aromatic carbocycles. The summed E-state index contributed by atoms with van der Waals surface area (Å²) in [4.78, 5) is 2.50. The van der Waals surface area contributed by atoms with Gasteiger partial charge in [0.25, 0.3) is 0 Å². The maximum atomic E-state index is 11.8. The molecular formula is C12H24N2O3S. The largest absolute Gasteiger partial charge is 0.395 e. The summed E-state index contributed by atoms with van der Waals surface area (Å²) in [5.74, 6) is 0.507. The Bertz CT molecular complexity index is 344. The molecule has 0 radical (unpaired) electrons. The van der Waals surface area contributed by atoms with Crippen LogP contribution in [0.1, 0.15) is 25.7 Å². The Morgan fingerprint density at radius 2 is 1.67 bits per heavy atom. The van der Waals surface area contributed by atoms with E-state index in [1.165, 1.54) is 25.9 Å². The minimum Gasteiger partial charge on any atom is -0.395 e. The lowest BCUT2D eigenvalue weighted by atomic mass is 9.98. The number of sulfonamides is 1. The van der Waals surface area contributed by atoms with Crippen molar-refractivity contribution in [3.8, 4) is 0 Å². The van der Waals surface area contributed by atoms with E-state index in [1.54, 1.807) is 4.31 Å². The topological polar surface area (TPSA) is 60.9 Å². The maximum absolute atomic E-state index is 11.8. The normalized spacial score (nSPS) is 24.7. The number of hydrogen-bond acceptors (Lipinski definition) is 4. The zero-order chi connectivity index (χ0) is 13.0. The molecule has 2 saturated heterocycles. The van der Waals surface area contributed by atoms with E-state index in [9.17, 15) is 8.42 Å². The Hall–Kier alpha value is -0.170. The predicted molar refractivity (Wildman–Crippen MR) is 70.8 cm³/mol. The number of rotatable bonds is 5. The van der Waals surface area contributed by atoms with Gasteiger partial charge in [0.2, 0.25) is 10.0 Å². The van der Waals surface area contributed by atoms with Gasteiger partial charge in [-0.3, -0.25) is 0 Å². The van der Waals surface area contributed by atoms with Crippen LogP contribution in [-0.2, 0) is 10.0 Å². The van der Waals surface area contributed by atoms with Gasteiger partial charge in [0, 0.05) is 19.6 Å². The van der Waals surface area contributed by atoms with Crippen LogP contribution in [0.25, 0.3) is 0 Å².